The highest BCUT2D eigenvalue weighted by atomic mass is 16.5. The van der Waals surface area contributed by atoms with E-state index in [2.05, 4.69) is 15.0 Å². The van der Waals surface area contributed by atoms with Gasteiger partial charge in [0.05, 0.1) is 12.1 Å². The summed E-state index contributed by atoms with van der Waals surface area (Å²) in [4.78, 5) is 8.67. The molecule has 1 aliphatic rings. The molecule has 1 fully saturated rings. The summed E-state index contributed by atoms with van der Waals surface area (Å²) < 4.78 is 5.36. The van der Waals surface area contributed by atoms with E-state index in [4.69, 9.17) is 4.52 Å². The van der Waals surface area contributed by atoms with E-state index in [-0.39, 0.29) is 0 Å². The summed E-state index contributed by atoms with van der Waals surface area (Å²) in [6.45, 7) is 4.80. The molecule has 1 aromatic heterocycles. The number of aliphatic hydroxyl groups is 1. The lowest BCUT2D eigenvalue weighted by molar-refractivity contribution is 0.0238. The first-order chi connectivity index (χ1) is 10.9. The summed E-state index contributed by atoms with van der Waals surface area (Å²) >= 11 is 0. The molecule has 23 heavy (non-hydrogen) atoms. The molecule has 1 aromatic carbocycles. The molecule has 1 atom stereocenters. The molecule has 1 N–H and O–H groups in total. The Balaban J connectivity index is 1.63. The number of aromatic nitrogens is 2. The molecule has 0 radical (unpaired) electrons. The molecule has 0 bridgehead atoms. The fourth-order valence-electron chi connectivity index (χ4n) is 3.12. The second kappa shape index (κ2) is 6.39. The average Bonchev–Trinajstić information content (AvgIpc) is 3.07. The van der Waals surface area contributed by atoms with Crippen molar-refractivity contribution in [2.24, 2.45) is 0 Å². The minimum atomic E-state index is -0.646. The predicted molar refractivity (Wildman–Crippen MR) is 87.9 cm³/mol. The van der Waals surface area contributed by atoms with Crippen molar-refractivity contribution in [2.75, 3.05) is 33.7 Å². The fraction of sp³-hybridized carbons (Fsp3) is 0.529. The van der Waals surface area contributed by atoms with Gasteiger partial charge in [-0.3, -0.25) is 4.90 Å². The lowest BCUT2D eigenvalue weighted by atomic mass is 10.0. The van der Waals surface area contributed by atoms with Crippen molar-refractivity contribution in [1.82, 2.24) is 19.9 Å². The molecule has 0 saturated carbocycles. The van der Waals surface area contributed by atoms with Gasteiger partial charge >= 0.3 is 0 Å². The Morgan fingerprint density at radius 1 is 1.30 bits per heavy atom. The van der Waals surface area contributed by atoms with E-state index in [1.807, 2.05) is 50.2 Å². The van der Waals surface area contributed by atoms with Crippen LogP contribution in [-0.2, 0) is 6.54 Å². The third-order valence-corrected chi connectivity index (χ3v) is 4.15. The summed E-state index contributed by atoms with van der Waals surface area (Å²) in [6.07, 6.45) is 0.772. The summed E-state index contributed by atoms with van der Waals surface area (Å²) in [5.41, 5.74) is 1.48. The second-order valence-corrected chi connectivity index (χ2v) is 6.80. The van der Waals surface area contributed by atoms with Crippen LogP contribution in [0.5, 0.6) is 0 Å². The number of aryl methyl sites for hydroxylation is 1. The second-order valence-electron chi connectivity index (χ2n) is 6.80. The van der Waals surface area contributed by atoms with Crippen molar-refractivity contribution in [3.63, 3.8) is 0 Å². The lowest BCUT2D eigenvalue weighted by Gasteiger charge is -2.26. The number of rotatable bonds is 5. The largest absolute Gasteiger partial charge is 0.387 e. The Kier molecular flexibility index (Phi) is 4.48. The van der Waals surface area contributed by atoms with Gasteiger partial charge in [0.15, 0.2) is 5.82 Å². The number of likely N-dealkylation sites (N-methyl/N-ethyl adjacent to an activating group) is 1. The highest BCUT2D eigenvalue weighted by Crippen LogP contribution is 2.24. The molecule has 3 rings (SSSR count). The smallest absolute Gasteiger partial charge is 0.257 e. The Morgan fingerprint density at radius 3 is 2.74 bits per heavy atom. The standard InChI is InChI=1S/C17H24N4O2/c1-13-4-6-14(7-5-13)16-18-15(19-23-16)10-21-9-8-17(22,12-21)11-20(2)3/h4-7,22H,8-12H2,1-3H3/t17-/m0/s1. The molecule has 0 spiro atoms. The van der Waals surface area contributed by atoms with E-state index in [1.165, 1.54) is 5.56 Å². The van der Waals surface area contributed by atoms with Crippen molar-refractivity contribution in [3.05, 3.63) is 35.7 Å². The van der Waals surface area contributed by atoms with Gasteiger partial charge in [0.2, 0.25) is 0 Å². The van der Waals surface area contributed by atoms with Gasteiger partial charge in [0.25, 0.3) is 5.89 Å². The first-order valence-electron chi connectivity index (χ1n) is 7.93. The Hall–Kier alpha value is -1.76. The van der Waals surface area contributed by atoms with Crippen LogP contribution in [0.1, 0.15) is 17.8 Å². The number of likely N-dealkylation sites (tertiary alicyclic amines) is 1. The third kappa shape index (κ3) is 3.96. The molecule has 1 aliphatic heterocycles. The van der Waals surface area contributed by atoms with Crippen LogP contribution in [0.3, 0.4) is 0 Å². The van der Waals surface area contributed by atoms with E-state index < -0.39 is 5.60 Å². The fourth-order valence-corrected chi connectivity index (χ4v) is 3.12. The topological polar surface area (TPSA) is 65.6 Å². The zero-order valence-corrected chi connectivity index (χ0v) is 14.0. The maximum absolute atomic E-state index is 10.6. The van der Waals surface area contributed by atoms with Gasteiger partial charge in [-0.05, 0) is 39.6 Å². The van der Waals surface area contributed by atoms with Crippen molar-refractivity contribution < 1.29 is 9.63 Å². The summed E-state index contributed by atoms with van der Waals surface area (Å²) in [5, 5.41) is 14.6. The van der Waals surface area contributed by atoms with Crippen LogP contribution in [0.25, 0.3) is 11.5 Å². The van der Waals surface area contributed by atoms with Crippen LogP contribution in [0, 0.1) is 6.92 Å². The van der Waals surface area contributed by atoms with E-state index in [0.29, 0.717) is 31.3 Å². The number of hydrogen-bond donors (Lipinski definition) is 1. The summed E-state index contributed by atoms with van der Waals surface area (Å²) in [5.74, 6) is 1.21. The van der Waals surface area contributed by atoms with Crippen LogP contribution in [0.4, 0.5) is 0 Å². The Labute approximate surface area is 136 Å². The normalized spacial score (nSPS) is 22.1. The molecule has 124 valence electrons. The molecule has 1 saturated heterocycles. The number of benzene rings is 1. The van der Waals surface area contributed by atoms with Crippen LogP contribution in [0.2, 0.25) is 0 Å². The number of hydrogen-bond acceptors (Lipinski definition) is 6. The zero-order valence-electron chi connectivity index (χ0n) is 14.0. The van der Waals surface area contributed by atoms with Gasteiger partial charge < -0.3 is 14.5 Å². The first-order valence-corrected chi connectivity index (χ1v) is 7.93. The SMILES string of the molecule is Cc1ccc(-c2nc(CN3CC[C@](O)(CN(C)C)C3)no2)cc1. The molecular weight excluding hydrogens is 292 g/mol. The van der Waals surface area contributed by atoms with Gasteiger partial charge in [-0.2, -0.15) is 4.98 Å². The van der Waals surface area contributed by atoms with Crippen LogP contribution >= 0.6 is 0 Å². The maximum atomic E-state index is 10.6. The van der Waals surface area contributed by atoms with Crippen molar-refractivity contribution in [2.45, 2.75) is 25.5 Å². The zero-order chi connectivity index (χ0) is 16.4. The van der Waals surface area contributed by atoms with Crippen LogP contribution in [-0.4, -0.2) is 64.4 Å². The van der Waals surface area contributed by atoms with Gasteiger partial charge in [0, 0.05) is 25.2 Å². The first kappa shape index (κ1) is 16.1. The third-order valence-electron chi connectivity index (χ3n) is 4.15. The average molecular weight is 316 g/mol. The lowest BCUT2D eigenvalue weighted by Crippen LogP contribution is -2.42. The quantitative estimate of drug-likeness (QED) is 0.903. The molecule has 0 amide bonds. The van der Waals surface area contributed by atoms with Crippen molar-refractivity contribution in [3.8, 4) is 11.5 Å². The van der Waals surface area contributed by atoms with E-state index in [1.54, 1.807) is 0 Å². The Bertz CT molecular complexity index is 653. The molecule has 0 unspecified atom stereocenters. The summed E-state index contributed by atoms with van der Waals surface area (Å²) in [7, 11) is 3.96. The minimum absolute atomic E-state index is 0.544. The number of nitrogens with zero attached hydrogens (tertiary/aromatic N) is 4. The van der Waals surface area contributed by atoms with Crippen molar-refractivity contribution >= 4 is 0 Å². The van der Waals surface area contributed by atoms with Crippen molar-refractivity contribution in [1.29, 1.82) is 0 Å². The van der Waals surface area contributed by atoms with Crippen LogP contribution in [0.15, 0.2) is 28.8 Å². The minimum Gasteiger partial charge on any atom is -0.387 e. The number of β-amino-alcohol motifs (C(OH)–C–C–N with tert-alkyl or cyclic N) is 1. The highest BCUT2D eigenvalue weighted by molar-refractivity contribution is 5.53. The van der Waals surface area contributed by atoms with Gasteiger partial charge in [-0.1, -0.05) is 22.9 Å². The highest BCUT2D eigenvalue weighted by Gasteiger charge is 2.36. The molecule has 2 heterocycles. The predicted octanol–water partition coefficient (Wildman–Crippen LogP) is 1.54. The van der Waals surface area contributed by atoms with Crippen LogP contribution < -0.4 is 0 Å². The van der Waals surface area contributed by atoms with E-state index >= 15 is 0 Å². The van der Waals surface area contributed by atoms with E-state index in [9.17, 15) is 5.11 Å². The van der Waals surface area contributed by atoms with E-state index in [0.717, 1.165) is 18.5 Å². The Morgan fingerprint density at radius 2 is 2.04 bits per heavy atom. The van der Waals surface area contributed by atoms with Gasteiger partial charge in [0.1, 0.15) is 0 Å². The molecular formula is C17H24N4O2. The monoisotopic (exact) mass is 316 g/mol. The van der Waals surface area contributed by atoms with Gasteiger partial charge in [-0.15, -0.1) is 0 Å². The molecule has 6 nitrogen and oxygen atoms in total. The molecule has 0 aliphatic carbocycles. The summed E-state index contributed by atoms with van der Waals surface area (Å²) in [6, 6.07) is 8.03. The molecule has 2 aromatic rings. The maximum Gasteiger partial charge on any atom is 0.257 e. The molecule has 6 heteroatoms. The van der Waals surface area contributed by atoms with Gasteiger partial charge in [-0.25, -0.2) is 0 Å².